The van der Waals surface area contributed by atoms with Crippen LogP contribution in [-0.2, 0) is 6.61 Å². The van der Waals surface area contributed by atoms with Gasteiger partial charge in [-0.05, 0) is 17.7 Å². The fraction of sp³-hybridized carbons (Fsp3) is 0.333. The molecule has 0 aliphatic carbocycles. The van der Waals surface area contributed by atoms with Gasteiger partial charge in [0.1, 0.15) is 6.61 Å². The number of quaternary nitrogens is 1. The molecule has 0 spiro atoms. The molecule has 2 aromatic carbocycles. The van der Waals surface area contributed by atoms with E-state index in [-0.39, 0.29) is 0 Å². The average Bonchev–Trinajstić information content (AvgIpc) is 2.53. The molecule has 3 nitrogen and oxygen atoms in total. The lowest BCUT2D eigenvalue weighted by Gasteiger charge is -2.15. The minimum Gasteiger partial charge on any atom is -0.489 e. The van der Waals surface area contributed by atoms with Crippen LogP contribution in [0.25, 0.3) is 0 Å². The molecule has 0 saturated carbocycles. The van der Waals surface area contributed by atoms with Crippen molar-refractivity contribution < 1.29 is 14.8 Å². The molecule has 1 atom stereocenters. The Kier molecular flexibility index (Phi) is 6.10. The first-order chi connectivity index (χ1) is 10.3. The topological polar surface area (TPSA) is 35.1 Å². The molecule has 2 N–H and O–H groups in total. The summed E-state index contributed by atoms with van der Waals surface area (Å²) >= 11 is 0. The third kappa shape index (κ3) is 5.12. The number of para-hydroxylation sites is 2. The molecule has 21 heavy (non-hydrogen) atoms. The van der Waals surface area contributed by atoms with Crippen LogP contribution in [0.4, 0.5) is 0 Å². The van der Waals surface area contributed by atoms with E-state index in [0.29, 0.717) is 19.1 Å². The zero-order valence-electron chi connectivity index (χ0n) is 12.8. The summed E-state index contributed by atoms with van der Waals surface area (Å²) in [7, 11) is 2.08. The molecule has 0 aliphatic heterocycles. The van der Waals surface area contributed by atoms with Gasteiger partial charge in [0.25, 0.3) is 0 Å². The van der Waals surface area contributed by atoms with E-state index < -0.39 is 0 Å². The fourth-order valence-electron chi connectivity index (χ4n) is 2.13. The monoisotopic (exact) mass is 286 g/mol. The van der Waals surface area contributed by atoms with Crippen LogP contribution in [0.1, 0.15) is 12.5 Å². The highest BCUT2D eigenvalue weighted by Crippen LogP contribution is 2.27. The third-order valence-electron chi connectivity index (χ3n) is 3.25. The molecule has 0 saturated heterocycles. The summed E-state index contributed by atoms with van der Waals surface area (Å²) in [4.78, 5) is 0. The zero-order valence-corrected chi connectivity index (χ0v) is 12.8. The van der Waals surface area contributed by atoms with Crippen LogP contribution < -0.4 is 14.8 Å². The molecular weight excluding hydrogens is 262 g/mol. The number of rotatable bonds is 8. The van der Waals surface area contributed by atoms with Gasteiger partial charge < -0.3 is 14.8 Å². The van der Waals surface area contributed by atoms with Crippen molar-refractivity contribution in [2.75, 3.05) is 20.2 Å². The maximum Gasteiger partial charge on any atom is 0.161 e. The quantitative estimate of drug-likeness (QED) is 0.809. The van der Waals surface area contributed by atoms with Crippen molar-refractivity contribution in [2.24, 2.45) is 5.92 Å². The molecule has 0 radical (unpaired) electrons. The van der Waals surface area contributed by atoms with Crippen LogP contribution in [0.3, 0.4) is 0 Å². The van der Waals surface area contributed by atoms with Crippen molar-refractivity contribution in [1.29, 1.82) is 0 Å². The Bertz CT molecular complexity index is 528. The van der Waals surface area contributed by atoms with Crippen LogP contribution in [0.5, 0.6) is 11.5 Å². The molecule has 112 valence electrons. The first-order valence-corrected chi connectivity index (χ1v) is 7.46. The van der Waals surface area contributed by atoms with E-state index in [1.807, 2.05) is 42.5 Å². The molecular formula is C18H24NO2+. The summed E-state index contributed by atoms with van der Waals surface area (Å²) in [5.74, 6) is 2.13. The zero-order chi connectivity index (χ0) is 14.9. The van der Waals surface area contributed by atoms with Gasteiger partial charge in [0, 0.05) is 5.92 Å². The van der Waals surface area contributed by atoms with Gasteiger partial charge in [-0.1, -0.05) is 49.4 Å². The smallest absolute Gasteiger partial charge is 0.161 e. The molecule has 3 heteroatoms. The molecule has 0 unspecified atom stereocenters. The lowest BCUT2D eigenvalue weighted by Crippen LogP contribution is -2.81. The van der Waals surface area contributed by atoms with Crippen molar-refractivity contribution >= 4 is 0 Å². The van der Waals surface area contributed by atoms with E-state index in [1.165, 1.54) is 0 Å². The Morgan fingerprint density at radius 1 is 0.905 bits per heavy atom. The van der Waals surface area contributed by atoms with Crippen LogP contribution in [0.15, 0.2) is 54.6 Å². The predicted molar refractivity (Wildman–Crippen MR) is 84.6 cm³/mol. The summed E-state index contributed by atoms with van der Waals surface area (Å²) in [6.07, 6.45) is 0. The third-order valence-corrected chi connectivity index (χ3v) is 3.25. The number of ether oxygens (including phenoxy) is 2. The van der Waals surface area contributed by atoms with E-state index >= 15 is 0 Å². The van der Waals surface area contributed by atoms with E-state index in [9.17, 15) is 0 Å². The van der Waals surface area contributed by atoms with Crippen molar-refractivity contribution in [1.82, 2.24) is 0 Å². The number of hydrogen-bond donors (Lipinski definition) is 1. The van der Waals surface area contributed by atoms with Crippen LogP contribution in [0, 0.1) is 5.92 Å². The molecule has 0 aliphatic rings. The summed E-state index contributed by atoms with van der Waals surface area (Å²) in [6, 6.07) is 18.0. The van der Waals surface area contributed by atoms with Crippen LogP contribution in [0.2, 0.25) is 0 Å². The van der Waals surface area contributed by atoms with Crippen molar-refractivity contribution in [3.05, 3.63) is 60.2 Å². The maximum absolute atomic E-state index is 5.89. The van der Waals surface area contributed by atoms with Gasteiger partial charge in [0.15, 0.2) is 11.5 Å². The normalized spacial score (nSPS) is 11.9. The number of nitrogens with two attached hydrogens (primary N) is 1. The molecule has 2 rings (SSSR count). The van der Waals surface area contributed by atoms with Gasteiger partial charge in [-0.15, -0.1) is 0 Å². The Balaban J connectivity index is 1.93. The Hall–Kier alpha value is -2.00. The molecule has 0 fully saturated rings. The second kappa shape index (κ2) is 8.32. The van der Waals surface area contributed by atoms with Gasteiger partial charge in [-0.25, -0.2) is 0 Å². The molecule has 0 heterocycles. The number of hydrogen-bond acceptors (Lipinski definition) is 2. The van der Waals surface area contributed by atoms with E-state index in [2.05, 4.69) is 31.4 Å². The van der Waals surface area contributed by atoms with Crippen molar-refractivity contribution in [2.45, 2.75) is 13.5 Å². The Morgan fingerprint density at radius 2 is 1.52 bits per heavy atom. The second-order valence-electron chi connectivity index (χ2n) is 5.28. The van der Waals surface area contributed by atoms with E-state index in [4.69, 9.17) is 9.47 Å². The SMILES string of the molecule is C[NH2+]C[C@@H](C)COc1ccccc1OCc1ccccc1. The van der Waals surface area contributed by atoms with Crippen LogP contribution in [-0.4, -0.2) is 20.2 Å². The van der Waals surface area contributed by atoms with Crippen molar-refractivity contribution in [3.8, 4) is 11.5 Å². The van der Waals surface area contributed by atoms with Gasteiger partial charge in [-0.3, -0.25) is 0 Å². The van der Waals surface area contributed by atoms with Gasteiger partial charge in [0.2, 0.25) is 0 Å². The lowest BCUT2D eigenvalue weighted by molar-refractivity contribution is -0.632. The molecule has 0 aromatic heterocycles. The largest absolute Gasteiger partial charge is 0.489 e. The first kappa shape index (κ1) is 15.4. The predicted octanol–water partition coefficient (Wildman–Crippen LogP) is 2.47. The van der Waals surface area contributed by atoms with E-state index in [1.54, 1.807) is 0 Å². The summed E-state index contributed by atoms with van der Waals surface area (Å²) in [5.41, 5.74) is 1.15. The van der Waals surface area contributed by atoms with Gasteiger partial charge in [0.05, 0.1) is 20.2 Å². The highest BCUT2D eigenvalue weighted by atomic mass is 16.5. The first-order valence-electron chi connectivity index (χ1n) is 7.46. The molecule has 0 amide bonds. The van der Waals surface area contributed by atoms with E-state index in [0.717, 1.165) is 23.6 Å². The molecule has 2 aromatic rings. The summed E-state index contributed by atoms with van der Waals surface area (Å²) in [6.45, 7) is 4.51. The minimum absolute atomic E-state index is 0.511. The maximum atomic E-state index is 5.89. The standard InChI is InChI=1S/C18H23NO2/c1-15(12-19-2)13-20-17-10-6-7-11-18(17)21-14-16-8-4-3-5-9-16/h3-11,15,19H,12-14H2,1-2H3/p+1/t15-/m1/s1. The molecule has 0 bridgehead atoms. The Labute approximate surface area is 126 Å². The second-order valence-corrected chi connectivity index (χ2v) is 5.28. The highest BCUT2D eigenvalue weighted by Gasteiger charge is 2.08. The lowest BCUT2D eigenvalue weighted by atomic mass is 10.2. The Morgan fingerprint density at radius 3 is 2.19 bits per heavy atom. The van der Waals surface area contributed by atoms with Gasteiger partial charge >= 0.3 is 0 Å². The number of benzene rings is 2. The highest BCUT2D eigenvalue weighted by molar-refractivity contribution is 5.39. The van der Waals surface area contributed by atoms with Gasteiger partial charge in [-0.2, -0.15) is 0 Å². The van der Waals surface area contributed by atoms with Crippen molar-refractivity contribution in [3.63, 3.8) is 0 Å². The minimum atomic E-state index is 0.511. The fourth-order valence-corrected chi connectivity index (χ4v) is 2.13. The summed E-state index contributed by atoms with van der Waals surface area (Å²) < 4.78 is 11.8. The van der Waals surface area contributed by atoms with Crippen LogP contribution >= 0.6 is 0 Å². The average molecular weight is 286 g/mol. The summed E-state index contributed by atoms with van der Waals surface area (Å²) in [5, 5.41) is 2.17.